The summed E-state index contributed by atoms with van der Waals surface area (Å²) in [6.07, 6.45) is 1.75. The Hall–Kier alpha value is -0.940. The normalized spacial score (nSPS) is 11.9. The van der Waals surface area contributed by atoms with E-state index in [1.165, 1.54) is 0 Å². The van der Waals surface area contributed by atoms with Gasteiger partial charge in [0.25, 0.3) is 0 Å². The van der Waals surface area contributed by atoms with Crippen LogP contribution in [0.1, 0.15) is 32.3 Å². The van der Waals surface area contributed by atoms with Gasteiger partial charge in [-0.05, 0) is 22.9 Å². The van der Waals surface area contributed by atoms with Crippen LogP contribution in [0.2, 0.25) is 5.02 Å². The Morgan fingerprint density at radius 1 is 1.28 bits per heavy atom. The number of halogens is 2. The average molecular weight is 330 g/mol. The maximum absolute atomic E-state index is 6.01. The molecule has 18 heavy (non-hydrogen) atoms. The van der Waals surface area contributed by atoms with E-state index in [4.69, 9.17) is 11.6 Å². The van der Waals surface area contributed by atoms with Gasteiger partial charge in [0.15, 0.2) is 5.82 Å². The molecule has 2 heterocycles. The number of hydrogen-bond donors (Lipinski definition) is 0. The van der Waals surface area contributed by atoms with Gasteiger partial charge in [0.2, 0.25) is 0 Å². The Bertz CT molecular complexity index is 567. The quantitative estimate of drug-likeness (QED) is 0.750. The van der Waals surface area contributed by atoms with Gasteiger partial charge in [-0.1, -0.05) is 32.4 Å². The molecule has 0 aliphatic rings. The summed E-state index contributed by atoms with van der Waals surface area (Å²) in [6.45, 7) is 8.07. The summed E-state index contributed by atoms with van der Waals surface area (Å²) in [5.74, 6) is 1.47. The lowest BCUT2D eigenvalue weighted by Crippen LogP contribution is -2.17. The van der Waals surface area contributed by atoms with Crippen molar-refractivity contribution >= 4 is 27.5 Å². The lowest BCUT2D eigenvalue weighted by atomic mass is 9.96. The molecular weight excluding hydrogens is 316 g/mol. The fourth-order valence-electron chi connectivity index (χ4n) is 1.41. The highest BCUT2D eigenvalue weighted by Gasteiger charge is 2.19. The van der Waals surface area contributed by atoms with Crippen molar-refractivity contribution in [2.75, 3.05) is 0 Å². The van der Waals surface area contributed by atoms with Crippen molar-refractivity contribution in [1.82, 2.24) is 19.7 Å². The molecular formula is C12H14BrClN4. The third-order valence-electron chi connectivity index (χ3n) is 2.43. The van der Waals surface area contributed by atoms with Crippen molar-refractivity contribution < 1.29 is 0 Å². The van der Waals surface area contributed by atoms with Crippen LogP contribution >= 0.6 is 27.5 Å². The Morgan fingerprint density at radius 2 is 1.94 bits per heavy atom. The number of hydrogen-bond acceptors (Lipinski definition) is 3. The Labute approximate surface area is 120 Å². The van der Waals surface area contributed by atoms with E-state index < -0.39 is 0 Å². The van der Waals surface area contributed by atoms with Gasteiger partial charge in [-0.2, -0.15) is 5.10 Å². The van der Waals surface area contributed by atoms with E-state index in [-0.39, 0.29) is 5.41 Å². The lowest BCUT2D eigenvalue weighted by molar-refractivity contribution is 0.540. The van der Waals surface area contributed by atoms with Crippen LogP contribution in [-0.2, 0) is 5.41 Å². The zero-order valence-corrected chi connectivity index (χ0v) is 13.0. The fourth-order valence-corrected chi connectivity index (χ4v) is 1.92. The maximum atomic E-state index is 6.01. The van der Waals surface area contributed by atoms with E-state index >= 15 is 0 Å². The highest BCUT2D eigenvalue weighted by atomic mass is 79.9. The SMILES string of the molecule is Cc1nn(-c2cc(Br)nc(C(C)(C)C)n2)cc1Cl. The number of aryl methyl sites for hydroxylation is 1. The number of rotatable bonds is 1. The first-order valence-electron chi connectivity index (χ1n) is 5.54. The zero-order valence-electron chi connectivity index (χ0n) is 10.7. The third-order valence-corrected chi connectivity index (χ3v) is 3.20. The monoisotopic (exact) mass is 328 g/mol. The minimum absolute atomic E-state index is 0.121. The molecule has 0 bridgehead atoms. The molecule has 0 aromatic carbocycles. The third kappa shape index (κ3) is 2.72. The van der Waals surface area contributed by atoms with Crippen molar-refractivity contribution in [1.29, 1.82) is 0 Å². The predicted molar refractivity (Wildman–Crippen MR) is 75.3 cm³/mol. The van der Waals surface area contributed by atoms with Crippen LogP contribution in [0.5, 0.6) is 0 Å². The molecule has 0 aliphatic carbocycles. The molecule has 2 aromatic heterocycles. The van der Waals surface area contributed by atoms with Crippen LogP contribution < -0.4 is 0 Å². The van der Waals surface area contributed by atoms with Crippen molar-refractivity contribution in [3.63, 3.8) is 0 Å². The molecule has 0 saturated carbocycles. The molecule has 2 aromatic rings. The van der Waals surface area contributed by atoms with Gasteiger partial charge >= 0.3 is 0 Å². The van der Waals surface area contributed by atoms with Gasteiger partial charge in [0.1, 0.15) is 10.4 Å². The molecule has 0 radical (unpaired) electrons. The summed E-state index contributed by atoms with van der Waals surface area (Å²) in [7, 11) is 0. The Kier molecular flexibility index (Phi) is 3.47. The van der Waals surface area contributed by atoms with Crippen LogP contribution in [0.15, 0.2) is 16.9 Å². The van der Waals surface area contributed by atoms with Gasteiger partial charge < -0.3 is 0 Å². The van der Waals surface area contributed by atoms with Gasteiger partial charge in [0, 0.05) is 11.5 Å². The molecule has 96 valence electrons. The smallest absolute Gasteiger partial charge is 0.158 e. The lowest BCUT2D eigenvalue weighted by Gasteiger charge is -2.17. The highest BCUT2D eigenvalue weighted by molar-refractivity contribution is 9.10. The summed E-state index contributed by atoms with van der Waals surface area (Å²) < 4.78 is 2.40. The van der Waals surface area contributed by atoms with Crippen LogP contribution in [0.3, 0.4) is 0 Å². The van der Waals surface area contributed by atoms with E-state index in [1.54, 1.807) is 10.9 Å². The van der Waals surface area contributed by atoms with Gasteiger partial charge in [0.05, 0.1) is 16.9 Å². The van der Waals surface area contributed by atoms with Crippen molar-refractivity contribution in [2.24, 2.45) is 0 Å². The van der Waals surface area contributed by atoms with E-state index in [9.17, 15) is 0 Å². The molecule has 0 saturated heterocycles. The first kappa shape index (κ1) is 13.5. The minimum atomic E-state index is -0.121. The first-order valence-corrected chi connectivity index (χ1v) is 6.71. The van der Waals surface area contributed by atoms with Crippen LogP contribution in [0.4, 0.5) is 0 Å². The average Bonchev–Trinajstić information content (AvgIpc) is 2.57. The second kappa shape index (κ2) is 4.63. The Balaban J connectivity index is 2.55. The van der Waals surface area contributed by atoms with Crippen LogP contribution in [-0.4, -0.2) is 19.7 Å². The molecule has 0 aliphatic heterocycles. The second-order valence-electron chi connectivity index (χ2n) is 5.13. The molecule has 0 atom stereocenters. The largest absolute Gasteiger partial charge is 0.225 e. The molecule has 0 amide bonds. The van der Waals surface area contributed by atoms with Crippen molar-refractivity contribution in [2.45, 2.75) is 33.1 Å². The summed E-state index contributed by atoms with van der Waals surface area (Å²) >= 11 is 9.41. The number of nitrogens with zero attached hydrogens (tertiary/aromatic N) is 4. The van der Waals surface area contributed by atoms with E-state index in [1.807, 2.05) is 13.0 Å². The molecule has 6 heteroatoms. The molecule has 0 unspecified atom stereocenters. The zero-order chi connectivity index (χ0) is 13.5. The molecule has 0 fully saturated rings. The van der Waals surface area contributed by atoms with E-state index in [0.717, 1.165) is 16.1 Å². The summed E-state index contributed by atoms with van der Waals surface area (Å²) in [5, 5.41) is 4.95. The highest BCUT2D eigenvalue weighted by Crippen LogP contribution is 2.23. The van der Waals surface area contributed by atoms with E-state index in [2.05, 4.69) is 51.8 Å². The maximum Gasteiger partial charge on any atom is 0.158 e. The van der Waals surface area contributed by atoms with Crippen LogP contribution in [0, 0.1) is 6.92 Å². The Morgan fingerprint density at radius 3 is 2.44 bits per heavy atom. The molecule has 0 N–H and O–H groups in total. The van der Waals surface area contributed by atoms with Gasteiger partial charge in [-0.25, -0.2) is 14.6 Å². The van der Waals surface area contributed by atoms with Gasteiger partial charge in [-0.3, -0.25) is 0 Å². The van der Waals surface area contributed by atoms with Crippen LogP contribution in [0.25, 0.3) is 5.82 Å². The van der Waals surface area contributed by atoms with E-state index in [0.29, 0.717) is 10.8 Å². The molecule has 4 nitrogen and oxygen atoms in total. The van der Waals surface area contributed by atoms with Crippen molar-refractivity contribution in [3.05, 3.63) is 33.4 Å². The predicted octanol–water partition coefficient (Wildman–Crippen LogP) is 3.68. The van der Waals surface area contributed by atoms with Crippen molar-refractivity contribution in [3.8, 4) is 5.82 Å². The summed E-state index contributed by atoms with van der Waals surface area (Å²) in [6, 6.07) is 1.82. The molecule has 2 rings (SSSR count). The van der Waals surface area contributed by atoms with Gasteiger partial charge in [-0.15, -0.1) is 0 Å². The standard InChI is InChI=1S/C12H14BrClN4/c1-7-8(14)6-18(17-7)10-5-9(13)15-11(16-10)12(2,3)4/h5-6H,1-4H3. The fraction of sp³-hybridized carbons (Fsp3) is 0.417. The molecule has 0 spiro atoms. The topological polar surface area (TPSA) is 43.6 Å². The number of aromatic nitrogens is 4. The second-order valence-corrected chi connectivity index (χ2v) is 6.35. The summed E-state index contributed by atoms with van der Waals surface area (Å²) in [4.78, 5) is 8.92. The summed E-state index contributed by atoms with van der Waals surface area (Å²) in [5.41, 5.74) is 0.661. The first-order chi connectivity index (χ1) is 8.27. The minimum Gasteiger partial charge on any atom is -0.225 e.